The number of alkyl halides is 16. The van der Waals surface area contributed by atoms with E-state index in [1.165, 1.54) is 0 Å². The van der Waals surface area contributed by atoms with Gasteiger partial charge in [0, 0.05) is 0 Å². The lowest BCUT2D eigenvalue weighted by Gasteiger charge is -2.29. The number of hydrogen-bond donors (Lipinski definition) is 0. The minimum absolute atomic E-state index is 1.08. The van der Waals surface area contributed by atoms with Gasteiger partial charge in [0.25, 0.3) is 0 Å². The molecule has 0 aromatic rings. The van der Waals surface area contributed by atoms with Crippen LogP contribution in [0.15, 0.2) is 0 Å². The Labute approximate surface area is 155 Å². The molecule has 2 nitrogen and oxygen atoms in total. The smallest absolute Gasteiger partial charge is 0.307 e. The van der Waals surface area contributed by atoms with E-state index >= 15 is 0 Å². The fraction of sp³-hybridized carbons (Fsp3) is 0.833. The molecule has 0 spiro atoms. The van der Waals surface area contributed by atoms with Crippen molar-refractivity contribution in [2.24, 2.45) is 11.8 Å². The van der Waals surface area contributed by atoms with Gasteiger partial charge in [0.1, 0.15) is 13.2 Å². The van der Waals surface area contributed by atoms with Crippen molar-refractivity contribution in [3.63, 3.8) is 0 Å². The molecule has 0 saturated carbocycles. The molecule has 0 aliphatic heterocycles. The lowest BCUT2D eigenvalue weighted by Crippen LogP contribution is -2.50. The van der Waals surface area contributed by atoms with Gasteiger partial charge in [-0.2, -0.15) is 70.2 Å². The summed E-state index contributed by atoms with van der Waals surface area (Å²) >= 11 is 0. The molecule has 0 bridgehead atoms. The van der Waals surface area contributed by atoms with Crippen LogP contribution in [0, 0.1) is 23.7 Å². The Balaban J connectivity index is 5.10. The van der Waals surface area contributed by atoms with Gasteiger partial charge in [-0.1, -0.05) is 11.8 Å². The van der Waals surface area contributed by atoms with Crippen LogP contribution in [0.5, 0.6) is 0 Å². The van der Waals surface area contributed by atoms with E-state index in [1.807, 2.05) is 0 Å². The second-order valence-corrected chi connectivity index (χ2v) is 5.09. The van der Waals surface area contributed by atoms with E-state index in [9.17, 15) is 70.2 Å². The van der Waals surface area contributed by atoms with Crippen molar-refractivity contribution in [3.05, 3.63) is 0 Å². The van der Waals surface area contributed by atoms with Crippen LogP contribution in [0.4, 0.5) is 70.2 Å². The highest BCUT2D eigenvalue weighted by molar-refractivity contribution is 5.00. The highest BCUT2D eigenvalue weighted by Gasteiger charge is 2.71. The fourth-order valence-electron chi connectivity index (χ4n) is 1.67. The van der Waals surface area contributed by atoms with Crippen LogP contribution < -0.4 is 0 Å². The lowest BCUT2D eigenvalue weighted by atomic mass is 10.1. The first-order chi connectivity index (χ1) is 12.9. The van der Waals surface area contributed by atoms with Gasteiger partial charge in [0.2, 0.25) is 11.8 Å². The Bertz CT molecular complexity index is 534. The molecular weight excluding hydrogens is 480 g/mol. The molecule has 18 heteroatoms. The summed E-state index contributed by atoms with van der Waals surface area (Å²) in [5, 5.41) is 0. The van der Waals surface area contributed by atoms with Crippen LogP contribution in [-0.4, -0.2) is 50.1 Å². The maximum Gasteiger partial charge on any atom is 0.409 e. The third kappa shape index (κ3) is 8.24. The van der Waals surface area contributed by atoms with Crippen molar-refractivity contribution in [1.82, 2.24) is 0 Å². The third-order valence-corrected chi connectivity index (χ3v) is 2.78. The van der Waals surface area contributed by atoms with Gasteiger partial charge in [-0.15, -0.1) is 0 Å². The number of hydrogen-bond acceptors (Lipinski definition) is 2. The summed E-state index contributed by atoms with van der Waals surface area (Å²) in [4.78, 5) is 0. The van der Waals surface area contributed by atoms with E-state index in [0.717, 1.165) is 11.8 Å². The van der Waals surface area contributed by atoms with Gasteiger partial charge in [0.05, 0.1) is 0 Å². The molecule has 0 N–H and O–H groups in total. The van der Waals surface area contributed by atoms with Gasteiger partial charge in [-0.25, -0.2) is 0 Å². The van der Waals surface area contributed by atoms with E-state index in [4.69, 9.17) is 0 Å². The predicted octanol–water partition coefficient (Wildman–Crippen LogP) is 5.69. The van der Waals surface area contributed by atoms with Crippen molar-refractivity contribution in [3.8, 4) is 11.8 Å². The molecule has 178 valence electrons. The minimum atomic E-state index is -6.54. The molecule has 0 atom stereocenters. The summed E-state index contributed by atoms with van der Waals surface area (Å²) in [6.07, 6.45) is -38.1. The Hall–Kier alpha value is -1.64. The molecule has 0 radical (unpaired) electrons. The molecule has 0 aromatic heterocycles. The molecule has 0 aliphatic rings. The van der Waals surface area contributed by atoms with E-state index < -0.39 is 62.0 Å². The van der Waals surface area contributed by atoms with Crippen molar-refractivity contribution >= 4 is 0 Å². The third-order valence-electron chi connectivity index (χ3n) is 2.78. The molecule has 0 aliphatic carbocycles. The summed E-state index contributed by atoms with van der Waals surface area (Å²) in [6, 6.07) is 0. The summed E-state index contributed by atoms with van der Waals surface area (Å²) in [6.45, 7) is -4.01. The number of ether oxygens (including phenoxy) is 2. The van der Waals surface area contributed by atoms with Crippen molar-refractivity contribution < 1.29 is 79.7 Å². The second kappa shape index (κ2) is 8.85. The van der Waals surface area contributed by atoms with Gasteiger partial charge in [-0.3, -0.25) is 0 Å². The number of rotatable bonds is 6. The molecule has 0 fully saturated rings. The molecular formula is C12H6F16O2. The Kier molecular flexibility index (Phi) is 8.36. The zero-order valence-corrected chi connectivity index (χ0v) is 13.4. The maximum absolute atomic E-state index is 13.0. The van der Waals surface area contributed by atoms with E-state index in [-0.39, 0.29) is 0 Å². The van der Waals surface area contributed by atoms with Crippen LogP contribution in [0.1, 0.15) is 0 Å². The normalized spacial score (nSPS) is 14.9. The Morgan fingerprint density at radius 2 is 0.633 bits per heavy atom. The molecule has 0 saturated heterocycles. The van der Waals surface area contributed by atoms with Crippen LogP contribution in [0.3, 0.4) is 0 Å². The minimum Gasteiger partial charge on any atom is -0.307 e. The Morgan fingerprint density at radius 3 is 0.800 bits per heavy atom. The van der Waals surface area contributed by atoms with Gasteiger partial charge >= 0.3 is 36.9 Å². The lowest BCUT2D eigenvalue weighted by molar-refractivity contribution is -0.399. The SMILES string of the molecule is FC(F)(F)C(C(F)(F)F)C(F)(F)OCC#CCOC(F)(F)C(C(F)(F)F)C(F)(F)F. The quantitative estimate of drug-likeness (QED) is 0.355. The molecule has 0 unspecified atom stereocenters. The molecule has 0 aromatic carbocycles. The standard InChI is InChI=1S/C12H6F16O2/c13-7(14,15)5(8(16,17)18)11(25,26)29-3-1-2-4-30-12(27,28)6(9(19,20)21)10(22,23)24/h5-6H,3-4H2. The van der Waals surface area contributed by atoms with Crippen molar-refractivity contribution in [2.75, 3.05) is 13.2 Å². The average molecular weight is 486 g/mol. The van der Waals surface area contributed by atoms with Crippen LogP contribution in [-0.2, 0) is 9.47 Å². The largest absolute Gasteiger partial charge is 0.409 e. The van der Waals surface area contributed by atoms with Gasteiger partial charge < -0.3 is 9.47 Å². The monoisotopic (exact) mass is 486 g/mol. The van der Waals surface area contributed by atoms with Gasteiger partial charge in [-0.05, 0) is 0 Å². The second-order valence-electron chi connectivity index (χ2n) is 5.09. The van der Waals surface area contributed by atoms with Crippen LogP contribution in [0.25, 0.3) is 0 Å². The molecule has 0 heterocycles. The summed E-state index contributed by atoms with van der Waals surface area (Å²) in [7, 11) is 0. The maximum atomic E-state index is 13.0. The number of halogens is 16. The zero-order chi connectivity index (χ0) is 24.4. The van der Waals surface area contributed by atoms with Crippen molar-refractivity contribution in [1.29, 1.82) is 0 Å². The van der Waals surface area contributed by atoms with Crippen LogP contribution in [0.2, 0.25) is 0 Å². The summed E-state index contributed by atoms with van der Waals surface area (Å²) in [5.41, 5.74) is 0. The Morgan fingerprint density at radius 1 is 0.433 bits per heavy atom. The predicted molar refractivity (Wildman–Crippen MR) is 60.8 cm³/mol. The van der Waals surface area contributed by atoms with E-state index in [2.05, 4.69) is 9.47 Å². The van der Waals surface area contributed by atoms with E-state index in [0.29, 0.717) is 0 Å². The molecule has 0 rings (SSSR count). The van der Waals surface area contributed by atoms with E-state index in [1.54, 1.807) is 0 Å². The first-order valence-electron chi connectivity index (χ1n) is 6.70. The highest BCUT2D eigenvalue weighted by Crippen LogP contribution is 2.49. The first kappa shape index (κ1) is 28.4. The topological polar surface area (TPSA) is 18.5 Å². The average Bonchev–Trinajstić information content (AvgIpc) is 2.33. The van der Waals surface area contributed by atoms with Crippen LogP contribution >= 0.6 is 0 Å². The summed E-state index contributed by atoms with van der Waals surface area (Å²) in [5.74, 6) is -8.45. The first-order valence-corrected chi connectivity index (χ1v) is 6.70. The zero-order valence-electron chi connectivity index (χ0n) is 13.4. The molecule has 30 heavy (non-hydrogen) atoms. The van der Waals surface area contributed by atoms with Gasteiger partial charge in [0.15, 0.2) is 0 Å². The molecule has 0 amide bonds. The highest BCUT2D eigenvalue weighted by atomic mass is 19.4. The van der Waals surface area contributed by atoms with Crippen molar-refractivity contribution in [2.45, 2.75) is 36.9 Å². The fourth-order valence-corrected chi connectivity index (χ4v) is 1.67. The summed E-state index contributed by atoms with van der Waals surface area (Å²) < 4.78 is 204.